The van der Waals surface area contributed by atoms with Gasteiger partial charge in [0.1, 0.15) is 5.82 Å². The van der Waals surface area contributed by atoms with Crippen molar-refractivity contribution in [2.75, 3.05) is 25.6 Å². The Bertz CT molecular complexity index is 1220. The topological polar surface area (TPSA) is 108 Å². The number of nitrogens with two attached hydrogens (primary N) is 1. The van der Waals surface area contributed by atoms with Gasteiger partial charge in [0, 0.05) is 24.6 Å². The molecule has 4 rings (SSSR count). The molecule has 0 aliphatic carbocycles. The highest BCUT2D eigenvalue weighted by molar-refractivity contribution is 5.96. The third-order valence-electron chi connectivity index (χ3n) is 6.04. The second-order valence-electron chi connectivity index (χ2n) is 8.50. The molecule has 9 heteroatoms. The van der Waals surface area contributed by atoms with Crippen molar-refractivity contribution >= 4 is 17.6 Å². The first-order valence-corrected chi connectivity index (χ1v) is 11.7. The predicted octanol–water partition coefficient (Wildman–Crippen LogP) is 3.90. The number of ether oxygens (including phenoxy) is 2. The van der Waals surface area contributed by atoms with Crippen LogP contribution in [-0.4, -0.2) is 41.5 Å². The van der Waals surface area contributed by atoms with Crippen molar-refractivity contribution in [3.8, 4) is 5.69 Å². The minimum atomic E-state index is -0.540. The maximum Gasteiger partial charge on any atom is 0.359 e. The van der Waals surface area contributed by atoms with Gasteiger partial charge in [-0.15, -0.1) is 0 Å². The van der Waals surface area contributed by atoms with E-state index < -0.39 is 11.8 Å². The standard InChI is InChI=1S/C26H29FN4O4/c1-3-35-26(33)24-22(28)23(18-5-4-12-34-15-18)30-31(24)20-10-7-17(8-11-20)14-29-25(32)21-13-19(27)9-6-16(21)2/h6-11,13,18H,3-5,12,14-15,28H2,1-2H3,(H,29,32). The van der Waals surface area contributed by atoms with E-state index in [4.69, 9.17) is 15.2 Å². The van der Waals surface area contributed by atoms with Gasteiger partial charge in [-0.25, -0.2) is 13.9 Å². The fourth-order valence-corrected chi connectivity index (χ4v) is 4.16. The quantitative estimate of drug-likeness (QED) is 0.497. The Morgan fingerprint density at radius 3 is 2.71 bits per heavy atom. The number of aromatic nitrogens is 2. The Morgan fingerprint density at radius 1 is 1.26 bits per heavy atom. The van der Waals surface area contributed by atoms with Gasteiger partial charge in [0.25, 0.3) is 5.91 Å². The first-order chi connectivity index (χ1) is 16.9. The van der Waals surface area contributed by atoms with Crippen LogP contribution in [0.3, 0.4) is 0 Å². The number of carbonyl (C=O) groups excluding carboxylic acids is 2. The lowest BCUT2D eigenvalue weighted by Crippen LogP contribution is -2.23. The van der Waals surface area contributed by atoms with E-state index in [1.807, 2.05) is 12.1 Å². The number of nitrogen functional groups attached to an aromatic ring is 1. The minimum absolute atomic E-state index is 0.0129. The molecule has 1 atom stereocenters. The van der Waals surface area contributed by atoms with Crippen LogP contribution in [0.4, 0.5) is 10.1 Å². The van der Waals surface area contributed by atoms with Gasteiger partial charge in [-0.05, 0) is 62.1 Å². The lowest BCUT2D eigenvalue weighted by molar-refractivity contribution is 0.0517. The van der Waals surface area contributed by atoms with Crippen molar-refractivity contribution in [3.63, 3.8) is 0 Å². The molecule has 2 aromatic carbocycles. The Morgan fingerprint density at radius 2 is 2.03 bits per heavy atom. The van der Waals surface area contributed by atoms with Crippen molar-refractivity contribution in [1.82, 2.24) is 15.1 Å². The first-order valence-electron chi connectivity index (χ1n) is 11.7. The molecule has 0 spiro atoms. The summed E-state index contributed by atoms with van der Waals surface area (Å²) >= 11 is 0. The number of benzene rings is 2. The zero-order valence-corrected chi connectivity index (χ0v) is 19.8. The number of amides is 1. The molecule has 3 N–H and O–H groups in total. The number of nitrogens with one attached hydrogen (secondary N) is 1. The molecule has 1 aliphatic heterocycles. The maximum atomic E-state index is 13.5. The Balaban J connectivity index is 1.55. The largest absolute Gasteiger partial charge is 0.461 e. The number of nitrogens with zero attached hydrogens (tertiary/aromatic N) is 2. The predicted molar refractivity (Wildman–Crippen MR) is 129 cm³/mol. The molecule has 2 heterocycles. The maximum absolute atomic E-state index is 13.5. The second-order valence-corrected chi connectivity index (χ2v) is 8.50. The molecule has 0 bridgehead atoms. The van der Waals surface area contributed by atoms with Gasteiger partial charge in [-0.1, -0.05) is 18.2 Å². The third-order valence-corrected chi connectivity index (χ3v) is 6.04. The number of carbonyl (C=O) groups is 2. The molecule has 1 fully saturated rings. The molecule has 1 aromatic heterocycles. The summed E-state index contributed by atoms with van der Waals surface area (Å²) in [7, 11) is 0. The average Bonchev–Trinajstić information content (AvgIpc) is 3.22. The Hall–Kier alpha value is -3.72. The first kappa shape index (κ1) is 24.4. The summed E-state index contributed by atoms with van der Waals surface area (Å²) in [6, 6.07) is 11.4. The number of hydrogen-bond donors (Lipinski definition) is 2. The Kier molecular flexibility index (Phi) is 7.45. The van der Waals surface area contributed by atoms with E-state index in [0.717, 1.165) is 18.4 Å². The summed E-state index contributed by atoms with van der Waals surface area (Å²) in [6.07, 6.45) is 1.79. The smallest absolute Gasteiger partial charge is 0.359 e. The molecule has 35 heavy (non-hydrogen) atoms. The van der Waals surface area contributed by atoms with E-state index in [1.165, 1.54) is 16.8 Å². The molecular formula is C26H29FN4O4. The zero-order chi connectivity index (χ0) is 24.9. The van der Waals surface area contributed by atoms with Crippen molar-refractivity contribution in [2.24, 2.45) is 0 Å². The van der Waals surface area contributed by atoms with Crippen molar-refractivity contribution < 1.29 is 23.5 Å². The van der Waals surface area contributed by atoms with Crippen molar-refractivity contribution in [2.45, 2.75) is 39.2 Å². The van der Waals surface area contributed by atoms with E-state index >= 15 is 0 Å². The highest BCUT2D eigenvalue weighted by Gasteiger charge is 2.29. The van der Waals surface area contributed by atoms with Gasteiger partial charge in [0.15, 0.2) is 5.69 Å². The number of anilines is 1. The molecule has 0 saturated carbocycles. The van der Waals surface area contributed by atoms with Gasteiger partial charge in [0.05, 0.1) is 30.3 Å². The van der Waals surface area contributed by atoms with Crippen molar-refractivity contribution in [3.05, 3.63) is 76.4 Å². The second kappa shape index (κ2) is 10.7. The van der Waals surface area contributed by atoms with Crippen LogP contribution in [0.15, 0.2) is 42.5 Å². The number of esters is 1. The lowest BCUT2D eigenvalue weighted by Gasteiger charge is -2.20. The normalized spacial score (nSPS) is 15.6. The molecule has 0 radical (unpaired) electrons. The summed E-state index contributed by atoms with van der Waals surface area (Å²) < 4.78 is 25.9. The highest BCUT2D eigenvalue weighted by Crippen LogP contribution is 2.32. The van der Waals surface area contributed by atoms with E-state index in [0.29, 0.717) is 41.4 Å². The summed E-state index contributed by atoms with van der Waals surface area (Å²) in [5, 5.41) is 7.48. The van der Waals surface area contributed by atoms with E-state index in [2.05, 4.69) is 10.4 Å². The number of rotatable bonds is 7. The van der Waals surface area contributed by atoms with Crippen LogP contribution in [0.5, 0.6) is 0 Å². The van der Waals surface area contributed by atoms with E-state index in [9.17, 15) is 14.0 Å². The molecule has 3 aromatic rings. The van der Waals surface area contributed by atoms with Crippen LogP contribution in [0.25, 0.3) is 5.69 Å². The zero-order valence-electron chi connectivity index (χ0n) is 19.8. The summed E-state index contributed by atoms with van der Waals surface area (Å²) in [5.41, 5.74) is 9.97. The molecule has 1 amide bonds. The van der Waals surface area contributed by atoms with Crippen LogP contribution in [0, 0.1) is 12.7 Å². The Labute approximate surface area is 203 Å². The number of aryl methyl sites for hydroxylation is 1. The number of hydrogen-bond acceptors (Lipinski definition) is 6. The summed E-state index contributed by atoms with van der Waals surface area (Å²) in [5.74, 6) is -1.34. The highest BCUT2D eigenvalue weighted by atomic mass is 19.1. The van der Waals surface area contributed by atoms with Gasteiger partial charge in [-0.3, -0.25) is 4.79 Å². The SMILES string of the molecule is CCOC(=O)c1c(N)c(C2CCCOC2)nn1-c1ccc(CNC(=O)c2cc(F)ccc2C)cc1. The fourth-order valence-electron chi connectivity index (χ4n) is 4.16. The molecule has 1 saturated heterocycles. The van der Waals surface area contributed by atoms with Crippen LogP contribution in [0.2, 0.25) is 0 Å². The minimum Gasteiger partial charge on any atom is -0.461 e. The summed E-state index contributed by atoms with van der Waals surface area (Å²) in [4.78, 5) is 25.2. The molecule has 1 unspecified atom stereocenters. The lowest BCUT2D eigenvalue weighted by atomic mass is 9.97. The molecular weight excluding hydrogens is 451 g/mol. The molecule has 184 valence electrons. The monoisotopic (exact) mass is 480 g/mol. The van der Waals surface area contributed by atoms with Crippen LogP contribution < -0.4 is 11.1 Å². The molecule has 8 nitrogen and oxygen atoms in total. The van der Waals surface area contributed by atoms with Gasteiger partial charge >= 0.3 is 5.97 Å². The van der Waals surface area contributed by atoms with Crippen molar-refractivity contribution in [1.29, 1.82) is 0 Å². The average molecular weight is 481 g/mol. The van der Waals surface area contributed by atoms with Gasteiger partial charge in [0.2, 0.25) is 0 Å². The van der Waals surface area contributed by atoms with Crippen LogP contribution >= 0.6 is 0 Å². The third kappa shape index (κ3) is 5.35. The van der Waals surface area contributed by atoms with Crippen LogP contribution in [0.1, 0.15) is 63.4 Å². The number of halogens is 1. The van der Waals surface area contributed by atoms with Crippen LogP contribution in [-0.2, 0) is 16.0 Å². The summed E-state index contributed by atoms with van der Waals surface area (Å²) in [6.45, 7) is 5.18. The van der Waals surface area contributed by atoms with Gasteiger partial charge in [-0.2, -0.15) is 5.10 Å². The van der Waals surface area contributed by atoms with Gasteiger partial charge < -0.3 is 20.5 Å². The van der Waals surface area contributed by atoms with E-state index in [1.54, 1.807) is 32.0 Å². The molecule has 1 aliphatic rings. The fraction of sp³-hybridized carbons (Fsp3) is 0.346. The van der Waals surface area contributed by atoms with E-state index in [-0.39, 0.29) is 30.7 Å².